The van der Waals surface area contributed by atoms with Gasteiger partial charge in [0.25, 0.3) is 0 Å². The van der Waals surface area contributed by atoms with Crippen LogP contribution in [0.15, 0.2) is 40.8 Å². The van der Waals surface area contributed by atoms with Crippen molar-refractivity contribution in [3.05, 3.63) is 53.1 Å². The third-order valence-electron chi connectivity index (χ3n) is 3.34. The van der Waals surface area contributed by atoms with E-state index in [1.54, 1.807) is 0 Å². The molecule has 2 heteroatoms. The van der Waals surface area contributed by atoms with Crippen molar-refractivity contribution in [3.8, 4) is 11.5 Å². The van der Waals surface area contributed by atoms with Crippen molar-refractivity contribution >= 4 is 11.1 Å². The molecule has 0 saturated heterocycles. The van der Waals surface area contributed by atoms with Crippen LogP contribution in [0, 0.1) is 20.8 Å². The van der Waals surface area contributed by atoms with Crippen LogP contribution in [0.5, 0.6) is 0 Å². The number of aryl methyl sites for hydroxylation is 3. The lowest BCUT2D eigenvalue weighted by Crippen LogP contribution is -1.80. The Kier molecular flexibility index (Phi) is 2.44. The summed E-state index contributed by atoms with van der Waals surface area (Å²) in [5.41, 5.74) is 6.46. The summed E-state index contributed by atoms with van der Waals surface area (Å²) in [6.45, 7) is 6.23. The first kappa shape index (κ1) is 11.0. The van der Waals surface area contributed by atoms with Gasteiger partial charge < -0.3 is 4.42 Å². The Bertz CT molecular complexity index is 725. The van der Waals surface area contributed by atoms with Crippen LogP contribution in [-0.2, 0) is 0 Å². The molecule has 0 atom stereocenters. The fourth-order valence-electron chi connectivity index (χ4n) is 2.12. The lowest BCUT2D eigenvalue weighted by Gasteiger charge is -1.98. The highest BCUT2D eigenvalue weighted by Crippen LogP contribution is 2.28. The predicted octanol–water partition coefficient (Wildman–Crippen LogP) is 4.42. The molecule has 90 valence electrons. The molecular weight excluding hydrogens is 222 g/mol. The molecule has 0 N–H and O–H groups in total. The normalized spacial score (nSPS) is 11.1. The number of hydrogen-bond acceptors (Lipinski definition) is 2. The summed E-state index contributed by atoms with van der Waals surface area (Å²) in [7, 11) is 0. The van der Waals surface area contributed by atoms with Crippen molar-refractivity contribution in [2.45, 2.75) is 20.8 Å². The third-order valence-corrected chi connectivity index (χ3v) is 3.34. The van der Waals surface area contributed by atoms with Crippen molar-refractivity contribution in [1.29, 1.82) is 0 Å². The minimum atomic E-state index is 0.697. The molecule has 0 unspecified atom stereocenters. The zero-order valence-corrected chi connectivity index (χ0v) is 10.8. The van der Waals surface area contributed by atoms with Gasteiger partial charge >= 0.3 is 0 Å². The Morgan fingerprint density at radius 2 is 1.83 bits per heavy atom. The molecular formula is C16H15NO. The van der Waals surface area contributed by atoms with Crippen LogP contribution in [0.2, 0.25) is 0 Å². The van der Waals surface area contributed by atoms with Crippen molar-refractivity contribution in [2.75, 3.05) is 0 Å². The van der Waals surface area contributed by atoms with Gasteiger partial charge in [-0.15, -0.1) is 0 Å². The van der Waals surface area contributed by atoms with E-state index in [9.17, 15) is 0 Å². The fourth-order valence-corrected chi connectivity index (χ4v) is 2.12. The first-order chi connectivity index (χ1) is 8.65. The lowest BCUT2D eigenvalue weighted by molar-refractivity contribution is 0.617. The Morgan fingerprint density at radius 1 is 1.00 bits per heavy atom. The van der Waals surface area contributed by atoms with E-state index in [4.69, 9.17) is 4.42 Å². The molecule has 3 rings (SSSR count). The largest absolute Gasteiger partial charge is 0.436 e. The van der Waals surface area contributed by atoms with E-state index in [0.717, 1.165) is 16.7 Å². The first-order valence-electron chi connectivity index (χ1n) is 6.09. The van der Waals surface area contributed by atoms with Crippen molar-refractivity contribution < 1.29 is 4.42 Å². The molecule has 0 bridgehead atoms. The number of oxazole rings is 1. The predicted molar refractivity (Wildman–Crippen MR) is 73.7 cm³/mol. The molecule has 0 saturated carbocycles. The van der Waals surface area contributed by atoms with Crippen molar-refractivity contribution in [1.82, 2.24) is 4.98 Å². The van der Waals surface area contributed by atoms with E-state index in [2.05, 4.69) is 44.0 Å². The maximum absolute atomic E-state index is 5.91. The summed E-state index contributed by atoms with van der Waals surface area (Å²) in [5.74, 6) is 0.697. The van der Waals surface area contributed by atoms with Gasteiger partial charge in [0.05, 0.1) is 0 Å². The number of nitrogens with zero attached hydrogens (tertiary/aromatic N) is 1. The van der Waals surface area contributed by atoms with Gasteiger partial charge in [0.1, 0.15) is 5.52 Å². The molecule has 1 aromatic heterocycles. The molecule has 0 spiro atoms. The zero-order chi connectivity index (χ0) is 12.7. The van der Waals surface area contributed by atoms with Crippen LogP contribution in [0.1, 0.15) is 16.7 Å². The maximum Gasteiger partial charge on any atom is 0.227 e. The van der Waals surface area contributed by atoms with E-state index in [-0.39, 0.29) is 0 Å². The van der Waals surface area contributed by atoms with Gasteiger partial charge in [-0.1, -0.05) is 23.8 Å². The summed E-state index contributed by atoms with van der Waals surface area (Å²) in [6.07, 6.45) is 0. The van der Waals surface area contributed by atoms with E-state index >= 15 is 0 Å². The van der Waals surface area contributed by atoms with Gasteiger partial charge in [0, 0.05) is 5.56 Å². The minimum absolute atomic E-state index is 0.697. The Balaban J connectivity index is 2.23. The number of fused-ring (bicyclic) bond motifs is 1. The highest BCUT2D eigenvalue weighted by molar-refractivity contribution is 5.80. The van der Waals surface area contributed by atoms with Gasteiger partial charge in [-0.05, 0) is 50.1 Å². The molecule has 2 aromatic carbocycles. The molecule has 0 fully saturated rings. The zero-order valence-electron chi connectivity index (χ0n) is 10.8. The molecule has 18 heavy (non-hydrogen) atoms. The fraction of sp³-hybridized carbons (Fsp3) is 0.188. The highest BCUT2D eigenvalue weighted by Gasteiger charge is 2.10. The Morgan fingerprint density at radius 3 is 2.61 bits per heavy atom. The average molecular weight is 237 g/mol. The molecule has 0 radical (unpaired) electrons. The molecule has 0 aliphatic rings. The Hall–Kier alpha value is -2.09. The lowest BCUT2D eigenvalue weighted by atomic mass is 10.1. The van der Waals surface area contributed by atoms with E-state index in [1.807, 2.05) is 18.2 Å². The topological polar surface area (TPSA) is 26.0 Å². The maximum atomic E-state index is 5.91. The summed E-state index contributed by atoms with van der Waals surface area (Å²) >= 11 is 0. The van der Waals surface area contributed by atoms with Gasteiger partial charge in [0.2, 0.25) is 5.89 Å². The molecule has 0 aliphatic heterocycles. The van der Waals surface area contributed by atoms with Crippen LogP contribution in [0.25, 0.3) is 22.6 Å². The van der Waals surface area contributed by atoms with E-state index < -0.39 is 0 Å². The van der Waals surface area contributed by atoms with Gasteiger partial charge in [0.15, 0.2) is 5.58 Å². The minimum Gasteiger partial charge on any atom is -0.436 e. The number of benzene rings is 2. The highest BCUT2D eigenvalue weighted by atomic mass is 16.3. The van der Waals surface area contributed by atoms with Crippen molar-refractivity contribution in [2.24, 2.45) is 0 Å². The molecule has 3 aromatic rings. The second-order valence-electron chi connectivity index (χ2n) is 4.74. The van der Waals surface area contributed by atoms with Crippen LogP contribution in [0.4, 0.5) is 0 Å². The Labute approximate surface area is 106 Å². The summed E-state index contributed by atoms with van der Waals surface area (Å²) < 4.78 is 5.91. The monoisotopic (exact) mass is 237 g/mol. The molecule has 2 nitrogen and oxygen atoms in total. The van der Waals surface area contributed by atoms with Crippen LogP contribution < -0.4 is 0 Å². The summed E-state index contributed by atoms with van der Waals surface area (Å²) in [4.78, 5) is 4.56. The standard InChI is InChI=1S/C16H15NO/c1-10-5-4-6-13(9-10)16-17-14-8-7-11(2)12(3)15(14)18-16/h4-9H,1-3H3. The SMILES string of the molecule is Cc1cccc(-c2nc3ccc(C)c(C)c3o2)c1. The number of aromatic nitrogens is 1. The third kappa shape index (κ3) is 1.70. The first-order valence-corrected chi connectivity index (χ1v) is 6.09. The van der Waals surface area contributed by atoms with E-state index in [0.29, 0.717) is 5.89 Å². The van der Waals surface area contributed by atoms with Crippen molar-refractivity contribution in [3.63, 3.8) is 0 Å². The van der Waals surface area contributed by atoms with Crippen LogP contribution >= 0.6 is 0 Å². The summed E-state index contributed by atoms with van der Waals surface area (Å²) in [5, 5.41) is 0. The molecule has 1 heterocycles. The number of hydrogen-bond donors (Lipinski definition) is 0. The van der Waals surface area contributed by atoms with Gasteiger partial charge in [-0.25, -0.2) is 4.98 Å². The average Bonchev–Trinajstić information content (AvgIpc) is 2.79. The second-order valence-corrected chi connectivity index (χ2v) is 4.74. The quantitative estimate of drug-likeness (QED) is 0.626. The second kappa shape index (κ2) is 3.98. The smallest absolute Gasteiger partial charge is 0.227 e. The molecule has 0 amide bonds. The van der Waals surface area contributed by atoms with E-state index in [1.165, 1.54) is 16.7 Å². The van der Waals surface area contributed by atoms with Crippen LogP contribution in [-0.4, -0.2) is 4.98 Å². The molecule has 0 aliphatic carbocycles. The van der Waals surface area contributed by atoms with Gasteiger partial charge in [-0.2, -0.15) is 0 Å². The summed E-state index contributed by atoms with van der Waals surface area (Å²) in [6, 6.07) is 12.3. The number of rotatable bonds is 1. The van der Waals surface area contributed by atoms with Crippen LogP contribution in [0.3, 0.4) is 0 Å². The van der Waals surface area contributed by atoms with Gasteiger partial charge in [-0.3, -0.25) is 0 Å².